The van der Waals surface area contributed by atoms with Gasteiger partial charge < -0.3 is 9.64 Å². The van der Waals surface area contributed by atoms with Crippen LogP contribution in [0.25, 0.3) is 0 Å². The monoisotopic (exact) mass is 351 g/mol. The highest BCUT2D eigenvalue weighted by Gasteiger charge is 2.54. The Morgan fingerprint density at radius 1 is 0.923 bits per heavy atom. The fourth-order valence-corrected chi connectivity index (χ4v) is 3.97. The van der Waals surface area contributed by atoms with Crippen molar-refractivity contribution in [2.45, 2.75) is 18.9 Å². The predicted molar refractivity (Wildman–Crippen MR) is 98.2 cm³/mol. The number of nitrogens with zero attached hydrogens (tertiary/aromatic N) is 1. The zero-order chi connectivity index (χ0) is 18.1. The number of imide groups is 1. The fraction of sp³-hybridized carbons (Fsp3) is 0.333. The smallest absolute Gasteiger partial charge is 0.293 e. The standard InChI is InChI=1S/C21H22N2O3/c1-15-7-9-17(10-8-15)23-20(24)18(16-5-3-2-4-6-16)19(21(23)25)22-11-13-26-14-12-22/h2-10,18-19H,11-14H2,1H3/p+1/t18-,19-/m0/s1. The number of benzene rings is 2. The molecule has 0 aromatic heterocycles. The van der Waals surface area contributed by atoms with E-state index < -0.39 is 12.0 Å². The zero-order valence-corrected chi connectivity index (χ0v) is 14.9. The lowest BCUT2D eigenvalue weighted by atomic mass is 9.92. The van der Waals surface area contributed by atoms with Crippen LogP contribution in [-0.4, -0.2) is 44.2 Å². The van der Waals surface area contributed by atoms with Crippen molar-refractivity contribution in [2.24, 2.45) is 0 Å². The first-order valence-electron chi connectivity index (χ1n) is 9.08. The molecule has 2 aliphatic rings. The summed E-state index contributed by atoms with van der Waals surface area (Å²) in [4.78, 5) is 29.2. The van der Waals surface area contributed by atoms with Crippen LogP contribution in [0.4, 0.5) is 5.69 Å². The molecular weight excluding hydrogens is 328 g/mol. The van der Waals surface area contributed by atoms with Crippen LogP contribution in [0.3, 0.4) is 0 Å². The number of aryl methyl sites for hydroxylation is 1. The number of ether oxygens (including phenoxy) is 1. The summed E-state index contributed by atoms with van der Waals surface area (Å²) in [5.41, 5.74) is 2.66. The lowest BCUT2D eigenvalue weighted by Crippen LogP contribution is -3.19. The molecule has 2 fully saturated rings. The van der Waals surface area contributed by atoms with E-state index >= 15 is 0 Å². The van der Waals surface area contributed by atoms with E-state index in [0.717, 1.165) is 29.1 Å². The number of nitrogens with one attached hydrogen (secondary N) is 1. The largest absolute Gasteiger partial charge is 0.370 e. The summed E-state index contributed by atoms with van der Waals surface area (Å²) in [6.07, 6.45) is 0. The predicted octanol–water partition coefficient (Wildman–Crippen LogP) is 0.936. The van der Waals surface area contributed by atoms with Gasteiger partial charge in [0.2, 0.25) is 5.91 Å². The number of carbonyl (C=O) groups is 2. The highest BCUT2D eigenvalue weighted by atomic mass is 16.5. The molecule has 0 unspecified atom stereocenters. The third-order valence-corrected chi connectivity index (χ3v) is 5.33. The maximum Gasteiger partial charge on any atom is 0.293 e. The van der Waals surface area contributed by atoms with Gasteiger partial charge in [-0.3, -0.25) is 9.59 Å². The Kier molecular flexibility index (Phi) is 4.57. The Bertz CT molecular complexity index is 798. The van der Waals surface area contributed by atoms with E-state index in [1.54, 1.807) is 0 Å². The SMILES string of the molecule is Cc1ccc(N2C(=O)[C@@H]([NH+]3CCOCC3)[C@H](c3ccccc3)C2=O)cc1. The number of rotatable bonds is 3. The number of anilines is 1. The number of morpholine rings is 1. The molecule has 0 radical (unpaired) electrons. The molecule has 26 heavy (non-hydrogen) atoms. The first-order valence-corrected chi connectivity index (χ1v) is 9.08. The highest BCUT2D eigenvalue weighted by molar-refractivity contribution is 6.24. The van der Waals surface area contributed by atoms with Crippen molar-refractivity contribution in [1.29, 1.82) is 0 Å². The van der Waals surface area contributed by atoms with E-state index in [0.29, 0.717) is 18.9 Å². The first-order chi connectivity index (χ1) is 12.7. The molecule has 0 saturated carbocycles. The molecule has 2 heterocycles. The molecule has 2 aromatic rings. The minimum Gasteiger partial charge on any atom is -0.370 e. The summed E-state index contributed by atoms with van der Waals surface area (Å²) in [6.45, 7) is 4.73. The van der Waals surface area contributed by atoms with Crippen molar-refractivity contribution in [2.75, 3.05) is 31.2 Å². The minimum absolute atomic E-state index is 0.107. The summed E-state index contributed by atoms with van der Waals surface area (Å²) >= 11 is 0. The van der Waals surface area contributed by atoms with Crippen LogP contribution in [-0.2, 0) is 14.3 Å². The topological polar surface area (TPSA) is 51.1 Å². The van der Waals surface area contributed by atoms with Crippen molar-refractivity contribution in [3.63, 3.8) is 0 Å². The van der Waals surface area contributed by atoms with Crippen LogP contribution < -0.4 is 9.80 Å². The molecular formula is C21H23N2O3+. The Morgan fingerprint density at radius 2 is 1.58 bits per heavy atom. The van der Waals surface area contributed by atoms with Crippen molar-refractivity contribution in [3.8, 4) is 0 Å². The van der Waals surface area contributed by atoms with Crippen LogP contribution in [0.1, 0.15) is 17.0 Å². The molecule has 0 spiro atoms. The van der Waals surface area contributed by atoms with E-state index in [2.05, 4.69) is 0 Å². The second-order valence-corrected chi connectivity index (χ2v) is 6.98. The summed E-state index contributed by atoms with van der Waals surface area (Å²) in [5, 5.41) is 0. The number of amides is 2. The maximum absolute atomic E-state index is 13.3. The molecule has 2 atom stereocenters. The molecule has 5 heteroatoms. The van der Waals surface area contributed by atoms with Gasteiger partial charge >= 0.3 is 0 Å². The van der Waals surface area contributed by atoms with Gasteiger partial charge in [-0.15, -0.1) is 0 Å². The Balaban J connectivity index is 1.75. The Morgan fingerprint density at radius 3 is 2.23 bits per heavy atom. The van der Waals surface area contributed by atoms with Gasteiger partial charge in [0.15, 0.2) is 6.04 Å². The molecule has 0 bridgehead atoms. The van der Waals surface area contributed by atoms with Crippen LogP contribution in [0.2, 0.25) is 0 Å². The average molecular weight is 351 g/mol. The minimum atomic E-state index is -0.446. The zero-order valence-electron chi connectivity index (χ0n) is 14.9. The average Bonchev–Trinajstić information content (AvgIpc) is 2.94. The summed E-state index contributed by atoms with van der Waals surface area (Å²) in [6, 6.07) is 16.8. The molecule has 1 N–H and O–H groups in total. The molecule has 2 aromatic carbocycles. The molecule has 134 valence electrons. The van der Waals surface area contributed by atoms with Gasteiger partial charge in [-0.05, 0) is 24.6 Å². The summed E-state index contributed by atoms with van der Waals surface area (Å²) in [7, 11) is 0. The van der Waals surface area contributed by atoms with Gasteiger partial charge in [0.05, 0.1) is 18.9 Å². The van der Waals surface area contributed by atoms with Crippen LogP contribution in [0.5, 0.6) is 0 Å². The van der Waals surface area contributed by atoms with Gasteiger partial charge in [-0.25, -0.2) is 4.90 Å². The second-order valence-electron chi connectivity index (χ2n) is 6.98. The van der Waals surface area contributed by atoms with E-state index in [9.17, 15) is 9.59 Å². The Labute approximate surface area is 153 Å². The second kappa shape index (κ2) is 7.02. The number of hydrogen-bond acceptors (Lipinski definition) is 3. The first kappa shape index (κ1) is 16.9. The van der Waals surface area contributed by atoms with E-state index in [1.165, 1.54) is 4.90 Å². The van der Waals surface area contributed by atoms with Gasteiger partial charge in [-0.2, -0.15) is 0 Å². The van der Waals surface area contributed by atoms with E-state index in [-0.39, 0.29) is 11.8 Å². The summed E-state index contributed by atoms with van der Waals surface area (Å²) < 4.78 is 5.46. The number of hydrogen-bond donors (Lipinski definition) is 1. The third kappa shape index (κ3) is 2.93. The lowest BCUT2D eigenvalue weighted by Gasteiger charge is -2.30. The van der Waals surface area contributed by atoms with Gasteiger partial charge in [0.1, 0.15) is 19.0 Å². The summed E-state index contributed by atoms with van der Waals surface area (Å²) in [5.74, 6) is -0.684. The van der Waals surface area contributed by atoms with Gasteiger partial charge in [-0.1, -0.05) is 48.0 Å². The van der Waals surface area contributed by atoms with Gasteiger partial charge in [0, 0.05) is 0 Å². The van der Waals surface area contributed by atoms with Crippen LogP contribution in [0.15, 0.2) is 54.6 Å². The van der Waals surface area contributed by atoms with Crippen LogP contribution in [0, 0.1) is 6.92 Å². The normalized spacial score (nSPS) is 24.3. The molecule has 0 aliphatic carbocycles. The molecule has 2 amide bonds. The Hall–Kier alpha value is -2.50. The van der Waals surface area contributed by atoms with E-state index in [1.807, 2.05) is 61.5 Å². The molecule has 2 saturated heterocycles. The van der Waals surface area contributed by atoms with Crippen molar-refractivity contribution < 1.29 is 19.2 Å². The quantitative estimate of drug-likeness (QED) is 0.838. The number of carbonyl (C=O) groups excluding carboxylic acids is 2. The van der Waals surface area contributed by atoms with Gasteiger partial charge in [0.25, 0.3) is 5.91 Å². The fourth-order valence-electron chi connectivity index (χ4n) is 3.97. The van der Waals surface area contributed by atoms with Crippen molar-refractivity contribution in [1.82, 2.24) is 0 Å². The molecule has 2 aliphatic heterocycles. The molecule has 4 rings (SSSR count). The maximum atomic E-state index is 13.3. The third-order valence-electron chi connectivity index (χ3n) is 5.33. The number of quaternary nitrogens is 1. The van der Waals surface area contributed by atoms with Crippen molar-refractivity contribution >= 4 is 17.5 Å². The lowest BCUT2D eigenvalue weighted by molar-refractivity contribution is -0.923. The van der Waals surface area contributed by atoms with Crippen LogP contribution >= 0.6 is 0 Å². The molecule has 5 nitrogen and oxygen atoms in total. The van der Waals surface area contributed by atoms with Crippen molar-refractivity contribution in [3.05, 3.63) is 65.7 Å². The van der Waals surface area contributed by atoms with E-state index in [4.69, 9.17) is 4.74 Å². The highest BCUT2D eigenvalue weighted by Crippen LogP contribution is 2.32.